The molecule has 2 unspecified atom stereocenters. The van der Waals surface area contributed by atoms with Crippen LogP contribution in [0.5, 0.6) is 0 Å². The number of allylic oxidation sites excluding steroid dienone is 8. The summed E-state index contributed by atoms with van der Waals surface area (Å²) in [6, 6.07) is 56.8. The lowest BCUT2D eigenvalue weighted by Crippen LogP contribution is -2.11. The first-order valence-corrected chi connectivity index (χ1v) is 18.3. The summed E-state index contributed by atoms with van der Waals surface area (Å²) < 4.78 is 0. The summed E-state index contributed by atoms with van der Waals surface area (Å²) in [5.41, 5.74) is 7.58. The van der Waals surface area contributed by atoms with Gasteiger partial charge in [0.1, 0.15) is 0 Å². The average Bonchev–Trinajstić information content (AvgIpc) is 3.22. The van der Waals surface area contributed by atoms with E-state index in [-0.39, 0.29) is 0 Å². The highest BCUT2D eigenvalue weighted by atomic mass is 14.2. The number of hydrogen-bond donors (Lipinski definition) is 0. The highest BCUT2D eigenvalue weighted by molar-refractivity contribution is 6.33. The van der Waals surface area contributed by atoms with E-state index in [1.165, 1.54) is 98.0 Å². The van der Waals surface area contributed by atoms with Gasteiger partial charge in [-0.1, -0.05) is 164 Å². The molecule has 2 atom stereocenters. The van der Waals surface area contributed by atoms with E-state index in [9.17, 15) is 0 Å². The topological polar surface area (TPSA) is 0 Å². The molecule has 0 fully saturated rings. The Morgan fingerprint density at radius 1 is 0.327 bits per heavy atom. The van der Waals surface area contributed by atoms with Crippen LogP contribution in [0.2, 0.25) is 0 Å². The molecule has 0 nitrogen and oxygen atoms in total. The molecule has 0 heterocycles. The van der Waals surface area contributed by atoms with E-state index in [1.54, 1.807) is 0 Å². The van der Waals surface area contributed by atoms with Gasteiger partial charge in [0.15, 0.2) is 0 Å². The van der Waals surface area contributed by atoms with E-state index >= 15 is 0 Å². The zero-order valence-corrected chi connectivity index (χ0v) is 28.6. The third kappa shape index (κ3) is 4.61. The Morgan fingerprint density at radius 3 is 1.73 bits per heavy atom. The summed E-state index contributed by atoms with van der Waals surface area (Å²) in [6.45, 7) is 0. The Bertz CT molecular complexity index is 3070. The molecule has 0 heteroatoms. The molecule has 9 aromatic rings. The Kier molecular flexibility index (Phi) is 6.48. The van der Waals surface area contributed by atoms with E-state index in [4.69, 9.17) is 0 Å². The van der Waals surface area contributed by atoms with Gasteiger partial charge in [0.25, 0.3) is 0 Å². The number of rotatable bonds is 3. The third-order valence-corrected chi connectivity index (χ3v) is 11.5. The monoisotopic (exact) mass is 658 g/mol. The third-order valence-electron chi connectivity index (χ3n) is 11.5. The first-order chi connectivity index (χ1) is 25.7. The van der Waals surface area contributed by atoms with E-state index in [2.05, 4.69) is 194 Å². The molecule has 0 spiro atoms. The van der Waals surface area contributed by atoms with Gasteiger partial charge < -0.3 is 0 Å². The van der Waals surface area contributed by atoms with Crippen LogP contribution in [0.3, 0.4) is 0 Å². The van der Waals surface area contributed by atoms with Crippen LogP contribution in [0, 0.1) is 11.8 Å². The van der Waals surface area contributed by atoms with Crippen LogP contribution in [0.4, 0.5) is 0 Å². The molecule has 0 bridgehead atoms. The van der Waals surface area contributed by atoms with Crippen LogP contribution in [0.15, 0.2) is 194 Å². The highest BCUT2D eigenvalue weighted by Crippen LogP contribution is 2.44. The normalized spacial score (nSPS) is 16.7. The minimum absolute atomic E-state index is 0.434. The van der Waals surface area contributed by atoms with Gasteiger partial charge in [-0.2, -0.15) is 0 Å². The molecule has 2 aliphatic carbocycles. The van der Waals surface area contributed by atoms with E-state index in [0.717, 1.165) is 0 Å². The smallest absolute Gasteiger partial charge is 0.00567 e. The predicted octanol–water partition coefficient (Wildman–Crippen LogP) is 14.3. The van der Waals surface area contributed by atoms with Crippen LogP contribution >= 0.6 is 0 Å². The summed E-state index contributed by atoms with van der Waals surface area (Å²) in [5.74, 6) is 0.903. The van der Waals surface area contributed by atoms with Crippen LogP contribution in [-0.2, 0) is 0 Å². The van der Waals surface area contributed by atoms with Crippen LogP contribution in [0.25, 0.3) is 92.5 Å². The lowest BCUT2D eigenvalue weighted by atomic mass is 9.81. The second-order valence-electron chi connectivity index (χ2n) is 14.4. The largest absolute Gasteiger partial charge is 0.0767 e. The molecule has 0 amide bonds. The minimum Gasteiger partial charge on any atom is -0.0767 e. The van der Waals surface area contributed by atoms with E-state index < -0.39 is 0 Å². The van der Waals surface area contributed by atoms with Crippen molar-refractivity contribution in [3.8, 4) is 22.3 Å². The molecule has 0 saturated carbocycles. The highest BCUT2D eigenvalue weighted by Gasteiger charge is 2.19. The SMILES string of the molecule is C1=CC2C=CC(c3ccc4cc(-c5cc6c7ccccc7c7cc(-c8ccc9ccccc9c8)ccc7c6c6ccccc56)ccc4c3)=CC2C=C1. The summed E-state index contributed by atoms with van der Waals surface area (Å²) in [7, 11) is 0. The van der Waals surface area contributed by atoms with Crippen molar-refractivity contribution in [2.75, 3.05) is 0 Å². The van der Waals surface area contributed by atoms with Gasteiger partial charge in [-0.3, -0.25) is 0 Å². The number of benzene rings is 9. The summed E-state index contributed by atoms with van der Waals surface area (Å²) in [4.78, 5) is 0. The van der Waals surface area contributed by atoms with Crippen molar-refractivity contribution < 1.29 is 0 Å². The first kappa shape index (κ1) is 29.3. The summed E-state index contributed by atoms with van der Waals surface area (Å²) >= 11 is 0. The van der Waals surface area contributed by atoms with Crippen LogP contribution in [0.1, 0.15) is 5.56 Å². The maximum atomic E-state index is 2.45. The number of hydrogen-bond acceptors (Lipinski definition) is 0. The Labute approximate surface area is 303 Å². The maximum absolute atomic E-state index is 2.45. The van der Waals surface area contributed by atoms with Gasteiger partial charge in [0.05, 0.1) is 0 Å². The molecule has 0 aromatic heterocycles. The second-order valence-corrected chi connectivity index (χ2v) is 14.4. The summed E-state index contributed by atoms with van der Waals surface area (Å²) in [6.07, 6.45) is 16.0. The van der Waals surface area contributed by atoms with E-state index in [0.29, 0.717) is 11.8 Å². The molecule has 0 radical (unpaired) electrons. The van der Waals surface area contributed by atoms with Crippen LogP contribution < -0.4 is 0 Å². The zero-order chi connectivity index (χ0) is 34.2. The standard InChI is InChI=1S/C52H34/c1-3-11-35-27-37(19-17-33(35)9-1)38-21-22-41-30-43(24-23-39(41)29-38)49-32-51-45-14-6-5-13-44(45)50-31-42(40-20-18-34-10-2-4-12-36(34)28-40)25-26-48(50)52(51)47-16-8-7-15-46(47)49/h1-33,35H. The lowest BCUT2D eigenvalue weighted by Gasteiger charge is -2.23. The molecule has 242 valence electrons. The van der Waals surface area contributed by atoms with Crippen molar-refractivity contribution in [1.29, 1.82) is 0 Å². The molecular formula is C52H34. The van der Waals surface area contributed by atoms with Gasteiger partial charge >= 0.3 is 0 Å². The molecule has 52 heavy (non-hydrogen) atoms. The van der Waals surface area contributed by atoms with Crippen molar-refractivity contribution in [3.05, 3.63) is 200 Å². The number of fused-ring (bicyclic) bond motifs is 11. The lowest BCUT2D eigenvalue weighted by molar-refractivity contribution is 0.663. The Balaban J connectivity index is 1.08. The van der Waals surface area contributed by atoms with Crippen molar-refractivity contribution in [3.63, 3.8) is 0 Å². The fraction of sp³-hybridized carbons (Fsp3) is 0.0385. The summed E-state index contributed by atoms with van der Waals surface area (Å²) in [5, 5.41) is 15.4. The molecule has 0 N–H and O–H groups in total. The van der Waals surface area contributed by atoms with Crippen molar-refractivity contribution in [1.82, 2.24) is 0 Å². The second kappa shape index (κ2) is 11.5. The van der Waals surface area contributed by atoms with Gasteiger partial charge in [0.2, 0.25) is 0 Å². The average molecular weight is 659 g/mol. The molecule has 0 saturated heterocycles. The molecule has 0 aliphatic heterocycles. The van der Waals surface area contributed by atoms with E-state index in [1.807, 2.05) is 0 Å². The molecule has 9 aromatic carbocycles. The zero-order valence-electron chi connectivity index (χ0n) is 28.6. The predicted molar refractivity (Wildman–Crippen MR) is 225 cm³/mol. The van der Waals surface area contributed by atoms with Gasteiger partial charge in [0, 0.05) is 11.8 Å². The molecular weight excluding hydrogens is 625 g/mol. The Morgan fingerprint density at radius 2 is 0.885 bits per heavy atom. The molecule has 2 aliphatic rings. The van der Waals surface area contributed by atoms with Crippen molar-refractivity contribution >= 4 is 70.2 Å². The first-order valence-electron chi connectivity index (χ1n) is 18.3. The van der Waals surface area contributed by atoms with Gasteiger partial charge in [-0.05, 0) is 128 Å². The maximum Gasteiger partial charge on any atom is 0.00567 e. The van der Waals surface area contributed by atoms with Gasteiger partial charge in [-0.25, -0.2) is 0 Å². The quantitative estimate of drug-likeness (QED) is 0.166. The fourth-order valence-corrected chi connectivity index (χ4v) is 8.87. The molecule has 11 rings (SSSR count). The fourth-order valence-electron chi connectivity index (χ4n) is 8.87. The van der Waals surface area contributed by atoms with Crippen LogP contribution in [-0.4, -0.2) is 0 Å². The minimum atomic E-state index is 0.434. The van der Waals surface area contributed by atoms with Crippen molar-refractivity contribution in [2.24, 2.45) is 11.8 Å². The van der Waals surface area contributed by atoms with Crippen molar-refractivity contribution in [2.45, 2.75) is 0 Å². The van der Waals surface area contributed by atoms with Gasteiger partial charge in [-0.15, -0.1) is 0 Å². The Hall–Kier alpha value is -6.50.